The summed E-state index contributed by atoms with van der Waals surface area (Å²) in [4.78, 5) is 14.1. The number of rotatable bonds is 3. The van der Waals surface area contributed by atoms with E-state index in [2.05, 4.69) is 37.4 Å². The molecule has 1 amide bonds. The Labute approximate surface area is 140 Å². The summed E-state index contributed by atoms with van der Waals surface area (Å²) in [6.45, 7) is 12.4. The molecule has 1 saturated heterocycles. The molecule has 1 heterocycles. The van der Waals surface area contributed by atoms with Gasteiger partial charge >= 0.3 is 6.09 Å². The molecular weight excluding hydrogens is 288 g/mol. The van der Waals surface area contributed by atoms with E-state index in [0.29, 0.717) is 5.92 Å². The van der Waals surface area contributed by atoms with E-state index >= 15 is 0 Å². The van der Waals surface area contributed by atoms with Gasteiger partial charge in [0.2, 0.25) is 0 Å². The summed E-state index contributed by atoms with van der Waals surface area (Å²) in [5.41, 5.74) is 3.27. The fourth-order valence-electron chi connectivity index (χ4n) is 3.06. The Balaban J connectivity index is 1.87. The standard InChI is InChI=1S/C19H30N2O2/c1-14-9-15(2)11-17(10-14)20-12-16-7-6-8-21(13-16)18(22)23-19(3,4)5/h9-11,16,20H,6-8,12-13H2,1-5H3. The van der Waals surface area contributed by atoms with Gasteiger partial charge in [-0.05, 0) is 76.6 Å². The summed E-state index contributed by atoms with van der Waals surface area (Å²) in [5.74, 6) is 0.470. The van der Waals surface area contributed by atoms with Gasteiger partial charge in [0.1, 0.15) is 5.60 Å². The normalized spacial score (nSPS) is 18.7. The largest absolute Gasteiger partial charge is 0.444 e. The van der Waals surface area contributed by atoms with Crippen molar-refractivity contribution in [1.29, 1.82) is 0 Å². The molecule has 1 fully saturated rings. The number of likely N-dealkylation sites (tertiary alicyclic amines) is 1. The Morgan fingerprint density at radius 3 is 2.52 bits per heavy atom. The molecule has 1 N–H and O–H groups in total. The van der Waals surface area contributed by atoms with Crippen molar-refractivity contribution < 1.29 is 9.53 Å². The first kappa shape index (κ1) is 17.6. The smallest absolute Gasteiger partial charge is 0.410 e. The quantitative estimate of drug-likeness (QED) is 0.900. The highest BCUT2D eigenvalue weighted by Gasteiger charge is 2.27. The average molecular weight is 318 g/mol. The van der Waals surface area contributed by atoms with Gasteiger partial charge in [-0.2, -0.15) is 0 Å². The minimum Gasteiger partial charge on any atom is -0.444 e. The van der Waals surface area contributed by atoms with Crippen LogP contribution in [-0.2, 0) is 4.74 Å². The lowest BCUT2D eigenvalue weighted by molar-refractivity contribution is 0.0172. The van der Waals surface area contributed by atoms with Gasteiger partial charge in [-0.1, -0.05) is 6.07 Å². The lowest BCUT2D eigenvalue weighted by Gasteiger charge is -2.34. The van der Waals surface area contributed by atoms with Gasteiger partial charge < -0.3 is 15.0 Å². The summed E-state index contributed by atoms with van der Waals surface area (Å²) in [5, 5.41) is 3.52. The molecule has 23 heavy (non-hydrogen) atoms. The van der Waals surface area contributed by atoms with Gasteiger partial charge in [0, 0.05) is 25.3 Å². The predicted molar refractivity (Wildman–Crippen MR) is 94.9 cm³/mol. The predicted octanol–water partition coefficient (Wildman–Crippen LogP) is 4.36. The summed E-state index contributed by atoms with van der Waals surface area (Å²) in [6, 6.07) is 6.51. The van der Waals surface area contributed by atoms with Crippen molar-refractivity contribution >= 4 is 11.8 Å². The number of hydrogen-bond acceptors (Lipinski definition) is 3. The maximum absolute atomic E-state index is 12.2. The van der Waals surface area contributed by atoms with Crippen LogP contribution in [0.3, 0.4) is 0 Å². The molecule has 1 aromatic rings. The molecule has 4 nitrogen and oxygen atoms in total. The molecule has 1 unspecified atom stereocenters. The third kappa shape index (κ3) is 5.77. The summed E-state index contributed by atoms with van der Waals surface area (Å²) >= 11 is 0. The molecule has 0 spiro atoms. The third-order valence-electron chi connectivity index (χ3n) is 3.99. The summed E-state index contributed by atoms with van der Waals surface area (Å²) < 4.78 is 5.49. The van der Waals surface area contributed by atoms with E-state index in [0.717, 1.165) is 38.2 Å². The Morgan fingerprint density at radius 2 is 1.91 bits per heavy atom. The van der Waals surface area contributed by atoms with Gasteiger partial charge in [-0.25, -0.2) is 4.79 Å². The van der Waals surface area contributed by atoms with Crippen LogP contribution >= 0.6 is 0 Å². The molecule has 0 bridgehead atoms. The Hall–Kier alpha value is -1.71. The summed E-state index contributed by atoms with van der Waals surface area (Å²) in [7, 11) is 0. The zero-order valence-corrected chi connectivity index (χ0v) is 15.1. The highest BCUT2D eigenvalue weighted by atomic mass is 16.6. The maximum Gasteiger partial charge on any atom is 0.410 e. The zero-order valence-electron chi connectivity index (χ0n) is 15.1. The number of nitrogens with one attached hydrogen (secondary N) is 1. The van der Waals surface area contributed by atoms with E-state index in [1.54, 1.807) is 0 Å². The summed E-state index contributed by atoms with van der Waals surface area (Å²) in [6.07, 6.45) is 2.00. The molecule has 4 heteroatoms. The molecule has 128 valence electrons. The van der Waals surface area contributed by atoms with Crippen molar-refractivity contribution in [1.82, 2.24) is 4.90 Å². The first-order valence-electron chi connectivity index (χ1n) is 8.53. The second-order valence-electron chi connectivity index (χ2n) is 7.69. The van der Waals surface area contributed by atoms with Crippen LogP contribution in [0.15, 0.2) is 18.2 Å². The topological polar surface area (TPSA) is 41.6 Å². The number of aryl methyl sites for hydroxylation is 2. The molecule has 1 aromatic carbocycles. The second-order valence-corrected chi connectivity index (χ2v) is 7.69. The van der Waals surface area contributed by atoms with E-state index in [-0.39, 0.29) is 6.09 Å². The van der Waals surface area contributed by atoms with Crippen molar-refractivity contribution in [2.24, 2.45) is 5.92 Å². The van der Waals surface area contributed by atoms with E-state index in [9.17, 15) is 4.79 Å². The Morgan fingerprint density at radius 1 is 1.26 bits per heavy atom. The van der Waals surface area contributed by atoms with Gasteiger partial charge in [0.25, 0.3) is 0 Å². The number of amides is 1. The van der Waals surface area contributed by atoms with Gasteiger partial charge in [0.15, 0.2) is 0 Å². The molecule has 0 saturated carbocycles. The van der Waals surface area contributed by atoms with Crippen LogP contribution in [-0.4, -0.2) is 36.2 Å². The van der Waals surface area contributed by atoms with Crippen molar-refractivity contribution in [2.45, 2.75) is 53.1 Å². The van der Waals surface area contributed by atoms with Crippen molar-refractivity contribution in [3.63, 3.8) is 0 Å². The van der Waals surface area contributed by atoms with Crippen LogP contribution in [0.4, 0.5) is 10.5 Å². The number of carbonyl (C=O) groups is 1. The number of anilines is 1. The molecule has 0 aromatic heterocycles. The zero-order chi connectivity index (χ0) is 17.0. The molecular formula is C19H30N2O2. The minimum absolute atomic E-state index is 0.186. The van der Waals surface area contributed by atoms with Crippen LogP contribution in [0.1, 0.15) is 44.7 Å². The van der Waals surface area contributed by atoms with Crippen LogP contribution in [0.5, 0.6) is 0 Å². The molecule has 0 radical (unpaired) electrons. The number of ether oxygens (including phenoxy) is 1. The van der Waals surface area contributed by atoms with Crippen molar-refractivity contribution in [3.05, 3.63) is 29.3 Å². The number of carbonyl (C=O) groups excluding carboxylic acids is 1. The van der Waals surface area contributed by atoms with Crippen LogP contribution in [0.2, 0.25) is 0 Å². The van der Waals surface area contributed by atoms with Gasteiger partial charge in [-0.3, -0.25) is 0 Å². The second kappa shape index (κ2) is 7.24. The maximum atomic E-state index is 12.2. The lowest BCUT2D eigenvalue weighted by atomic mass is 9.98. The number of hydrogen-bond donors (Lipinski definition) is 1. The monoisotopic (exact) mass is 318 g/mol. The highest BCUT2D eigenvalue weighted by Crippen LogP contribution is 2.21. The first-order chi connectivity index (χ1) is 10.7. The van der Waals surface area contributed by atoms with Crippen LogP contribution in [0.25, 0.3) is 0 Å². The Kier molecular flexibility index (Phi) is 5.55. The lowest BCUT2D eigenvalue weighted by Crippen LogP contribution is -2.44. The molecule has 0 aliphatic carbocycles. The number of nitrogens with zero attached hydrogens (tertiary/aromatic N) is 1. The highest BCUT2D eigenvalue weighted by molar-refractivity contribution is 5.68. The van der Waals surface area contributed by atoms with Crippen molar-refractivity contribution in [3.8, 4) is 0 Å². The van der Waals surface area contributed by atoms with E-state index in [1.165, 1.54) is 11.1 Å². The average Bonchev–Trinajstić information content (AvgIpc) is 2.43. The van der Waals surface area contributed by atoms with E-state index < -0.39 is 5.60 Å². The molecule has 1 aliphatic rings. The SMILES string of the molecule is Cc1cc(C)cc(NCC2CCCN(C(=O)OC(C)(C)C)C2)c1. The molecule has 1 atom stereocenters. The third-order valence-corrected chi connectivity index (χ3v) is 3.99. The van der Waals surface area contributed by atoms with Crippen LogP contribution < -0.4 is 5.32 Å². The van der Waals surface area contributed by atoms with E-state index in [1.807, 2.05) is 25.7 Å². The molecule has 1 aliphatic heterocycles. The fourth-order valence-corrected chi connectivity index (χ4v) is 3.06. The van der Waals surface area contributed by atoms with Crippen LogP contribution in [0, 0.1) is 19.8 Å². The number of piperidine rings is 1. The van der Waals surface area contributed by atoms with Gasteiger partial charge in [-0.15, -0.1) is 0 Å². The Bertz CT molecular complexity index is 529. The van der Waals surface area contributed by atoms with Crippen molar-refractivity contribution in [2.75, 3.05) is 25.0 Å². The first-order valence-corrected chi connectivity index (χ1v) is 8.53. The minimum atomic E-state index is -0.429. The fraction of sp³-hybridized carbons (Fsp3) is 0.632. The van der Waals surface area contributed by atoms with Gasteiger partial charge in [0.05, 0.1) is 0 Å². The molecule has 2 rings (SSSR count). The van der Waals surface area contributed by atoms with E-state index in [4.69, 9.17) is 4.74 Å². The number of benzene rings is 1.